The maximum absolute atomic E-state index is 12.0. The highest BCUT2D eigenvalue weighted by Gasteiger charge is 2.22. The van der Waals surface area contributed by atoms with Crippen molar-refractivity contribution in [2.75, 3.05) is 0 Å². The van der Waals surface area contributed by atoms with Crippen LogP contribution in [0.3, 0.4) is 0 Å². The van der Waals surface area contributed by atoms with Crippen molar-refractivity contribution in [2.45, 2.75) is 97.1 Å². The monoisotopic (exact) mass is 313 g/mol. The summed E-state index contributed by atoms with van der Waals surface area (Å²) in [6.07, 6.45) is 2.81. The molecule has 128 valence electrons. The summed E-state index contributed by atoms with van der Waals surface area (Å²) in [5.41, 5.74) is -0.506. The summed E-state index contributed by atoms with van der Waals surface area (Å²) < 4.78 is 11.2. The highest BCUT2D eigenvalue weighted by atomic mass is 16.6. The van der Waals surface area contributed by atoms with Gasteiger partial charge in [0.2, 0.25) is 0 Å². The van der Waals surface area contributed by atoms with E-state index in [1.807, 2.05) is 27.7 Å². The van der Waals surface area contributed by atoms with Crippen LogP contribution in [0.2, 0.25) is 0 Å². The van der Waals surface area contributed by atoms with Crippen LogP contribution in [-0.4, -0.2) is 35.0 Å². The van der Waals surface area contributed by atoms with Crippen LogP contribution in [0.5, 0.6) is 0 Å². The van der Waals surface area contributed by atoms with E-state index in [2.05, 4.69) is 6.07 Å². The lowest BCUT2D eigenvalue weighted by molar-refractivity contribution is -0.159. The third kappa shape index (κ3) is 12.6. The first-order valence-corrected chi connectivity index (χ1v) is 8.06. The lowest BCUT2D eigenvalue weighted by atomic mass is 10.1. The molecule has 0 rings (SSSR count). The molecule has 22 heavy (non-hydrogen) atoms. The lowest BCUT2D eigenvalue weighted by Gasteiger charge is -2.25. The zero-order chi connectivity index (χ0) is 17.2. The van der Waals surface area contributed by atoms with E-state index in [0.717, 1.165) is 12.8 Å². The summed E-state index contributed by atoms with van der Waals surface area (Å²) in [5, 5.41) is 18.0. The average molecular weight is 313 g/mol. The number of rotatable bonds is 10. The number of nitrogens with zero attached hydrogens (tertiary/aromatic N) is 1. The van der Waals surface area contributed by atoms with Gasteiger partial charge in [-0.05, 0) is 60.3 Å². The fourth-order valence-corrected chi connectivity index (χ4v) is 2.23. The van der Waals surface area contributed by atoms with Gasteiger partial charge in [-0.15, -0.1) is 0 Å². The van der Waals surface area contributed by atoms with Gasteiger partial charge in [-0.25, -0.2) is 0 Å². The third-order valence-electron chi connectivity index (χ3n) is 2.98. The van der Waals surface area contributed by atoms with Gasteiger partial charge in [0.05, 0.1) is 30.8 Å². The summed E-state index contributed by atoms with van der Waals surface area (Å²) >= 11 is 0. The number of unbranched alkanes of at least 4 members (excludes halogenated alkanes) is 2. The maximum atomic E-state index is 12.0. The van der Waals surface area contributed by atoms with E-state index < -0.39 is 11.7 Å². The van der Waals surface area contributed by atoms with Crippen molar-refractivity contribution in [1.29, 1.82) is 5.26 Å². The van der Waals surface area contributed by atoms with Gasteiger partial charge in [0.1, 0.15) is 5.60 Å². The van der Waals surface area contributed by atoms with Crippen molar-refractivity contribution in [3.63, 3.8) is 0 Å². The summed E-state index contributed by atoms with van der Waals surface area (Å²) in [6.45, 7) is 9.12. The topological polar surface area (TPSA) is 79.5 Å². The molecule has 0 spiro atoms. The van der Waals surface area contributed by atoms with Gasteiger partial charge in [0, 0.05) is 6.42 Å². The Kier molecular flexibility index (Phi) is 10.0. The minimum atomic E-state index is -0.506. The zero-order valence-electron chi connectivity index (χ0n) is 14.6. The molecule has 0 fully saturated rings. The van der Waals surface area contributed by atoms with Gasteiger partial charge in [-0.2, -0.15) is 5.26 Å². The summed E-state index contributed by atoms with van der Waals surface area (Å²) in [7, 11) is 0. The highest BCUT2D eigenvalue weighted by molar-refractivity contribution is 5.70. The molecule has 0 aromatic carbocycles. The van der Waals surface area contributed by atoms with Crippen LogP contribution in [0.25, 0.3) is 0 Å². The maximum Gasteiger partial charge on any atom is 0.308 e. The molecule has 0 saturated carbocycles. The van der Waals surface area contributed by atoms with E-state index in [-0.39, 0.29) is 24.6 Å². The van der Waals surface area contributed by atoms with Crippen LogP contribution in [0.15, 0.2) is 0 Å². The van der Waals surface area contributed by atoms with Gasteiger partial charge in [0.25, 0.3) is 0 Å². The number of aliphatic hydroxyl groups excluding tert-OH is 1. The Balaban J connectivity index is 4.44. The number of nitriles is 1. The van der Waals surface area contributed by atoms with Gasteiger partial charge in [0.15, 0.2) is 0 Å². The van der Waals surface area contributed by atoms with E-state index in [1.54, 1.807) is 6.92 Å². The highest BCUT2D eigenvalue weighted by Crippen LogP contribution is 2.17. The smallest absolute Gasteiger partial charge is 0.308 e. The SMILES string of the molecule is C[C@H](C[C@@H](C)O)O[C@H](CCCCC#N)CC(=O)OC(C)(C)C. The molecule has 0 unspecified atom stereocenters. The lowest BCUT2D eigenvalue weighted by Crippen LogP contribution is -2.30. The second-order valence-corrected chi connectivity index (χ2v) is 6.85. The zero-order valence-corrected chi connectivity index (χ0v) is 14.6. The molecule has 1 N–H and O–H groups in total. The first-order valence-electron chi connectivity index (χ1n) is 8.06. The minimum Gasteiger partial charge on any atom is -0.460 e. The number of hydrogen-bond donors (Lipinski definition) is 1. The number of aliphatic hydroxyl groups is 1. The normalized spacial score (nSPS) is 15.7. The van der Waals surface area contributed by atoms with Gasteiger partial charge < -0.3 is 14.6 Å². The van der Waals surface area contributed by atoms with Gasteiger partial charge in [-0.1, -0.05) is 0 Å². The third-order valence-corrected chi connectivity index (χ3v) is 2.98. The van der Waals surface area contributed by atoms with Crippen molar-refractivity contribution in [1.82, 2.24) is 0 Å². The Bertz CT molecular complexity index is 355. The Hall–Kier alpha value is -1.12. The standard InChI is InChI=1S/C17H31NO4/c1-13(19)11-14(2)21-15(9-7-6-8-10-18)12-16(20)22-17(3,4)5/h13-15,19H,6-9,11-12H2,1-5H3/t13-,14-,15-/m1/s1. The van der Waals surface area contributed by atoms with Crippen molar-refractivity contribution in [3.05, 3.63) is 0 Å². The predicted octanol–water partition coefficient (Wildman–Crippen LogP) is 3.35. The van der Waals surface area contributed by atoms with Crippen molar-refractivity contribution in [3.8, 4) is 6.07 Å². The first kappa shape index (κ1) is 20.9. The quantitative estimate of drug-likeness (QED) is 0.494. The molecular formula is C17H31NO4. The average Bonchev–Trinajstić information content (AvgIpc) is 2.30. The van der Waals surface area contributed by atoms with Crippen LogP contribution in [-0.2, 0) is 14.3 Å². The van der Waals surface area contributed by atoms with Crippen LogP contribution in [0.4, 0.5) is 0 Å². The number of ether oxygens (including phenoxy) is 2. The van der Waals surface area contributed by atoms with E-state index in [9.17, 15) is 9.90 Å². The first-order chi connectivity index (χ1) is 10.1. The molecule has 0 radical (unpaired) electrons. The molecule has 0 aliphatic carbocycles. The second kappa shape index (κ2) is 10.6. The van der Waals surface area contributed by atoms with E-state index in [0.29, 0.717) is 19.3 Å². The molecule has 3 atom stereocenters. The van der Waals surface area contributed by atoms with E-state index in [4.69, 9.17) is 14.7 Å². The van der Waals surface area contributed by atoms with Crippen molar-refractivity contribution in [2.24, 2.45) is 0 Å². The molecular weight excluding hydrogens is 282 g/mol. The fourth-order valence-electron chi connectivity index (χ4n) is 2.23. The van der Waals surface area contributed by atoms with Crippen LogP contribution in [0.1, 0.15) is 73.1 Å². The Morgan fingerprint density at radius 3 is 2.41 bits per heavy atom. The molecule has 0 aromatic heterocycles. The Labute approximate surface area is 134 Å². The molecule has 0 bridgehead atoms. The number of esters is 1. The predicted molar refractivity (Wildman–Crippen MR) is 85.2 cm³/mol. The number of carbonyl (C=O) groups excluding carboxylic acids is 1. The minimum absolute atomic E-state index is 0.122. The Morgan fingerprint density at radius 2 is 1.91 bits per heavy atom. The summed E-state index contributed by atoms with van der Waals surface area (Å²) in [5.74, 6) is -0.276. The largest absolute Gasteiger partial charge is 0.460 e. The molecule has 0 amide bonds. The van der Waals surface area contributed by atoms with Crippen LogP contribution in [0, 0.1) is 11.3 Å². The summed E-state index contributed by atoms with van der Waals surface area (Å²) in [6, 6.07) is 2.11. The van der Waals surface area contributed by atoms with Crippen molar-refractivity contribution >= 4 is 5.97 Å². The van der Waals surface area contributed by atoms with Crippen LogP contribution >= 0.6 is 0 Å². The molecule has 5 heteroatoms. The van der Waals surface area contributed by atoms with Gasteiger partial charge in [-0.3, -0.25) is 4.79 Å². The van der Waals surface area contributed by atoms with E-state index in [1.165, 1.54) is 0 Å². The van der Waals surface area contributed by atoms with E-state index >= 15 is 0 Å². The Morgan fingerprint density at radius 1 is 1.27 bits per heavy atom. The molecule has 0 aliphatic rings. The van der Waals surface area contributed by atoms with Crippen molar-refractivity contribution < 1.29 is 19.4 Å². The fraction of sp³-hybridized carbons (Fsp3) is 0.882. The van der Waals surface area contributed by atoms with Crippen LogP contribution < -0.4 is 0 Å². The van der Waals surface area contributed by atoms with Gasteiger partial charge >= 0.3 is 5.97 Å². The molecule has 0 aromatic rings. The molecule has 0 saturated heterocycles. The molecule has 0 heterocycles. The molecule has 0 aliphatic heterocycles. The number of hydrogen-bond acceptors (Lipinski definition) is 5. The summed E-state index contributed by atoms with van der Waals surface area (Å²) in [4.78, 5) is 12.0. The molecule has 5 nitrogen and oxygen atoms in total. The number of carbonyl (C=O) groups is 1. The second-order valence-electron chi connectivity index (χ2n) is 6.85.